The third kappa shape index (κ3) is 4.36. The van der Waals surface area contributed by atoms with Gasteiger partial charge in [-0.1, -0.05) is 48.5 Å². The number of fused-ring (bicyclic) bond motifs is 2. The number of para-hydroxylation sites is 1. The lowest BCUT2D eigenvalue weighted by Crippen LogP contribution is -2.36. The van der Waals surface area contributed by atoms with Gasteiger partial charge in [0.1, 0.15) is 11.1 Å². The molecule has 0 unspecified atom stereocenters. The molecule has 1 aliphatic heterocycles. The summed E-state index contributed by atoms with van der Waals surface area (Å²) in [5.74, 6) is -0.232. The third-order valence-corrected chi connectivity index (χ3v) is 7.13. The SMILES string of the molecule is N#Cc1c(NC(=O)/C=C/c2ccccc2)sc2c1CCN(C(=O)Cc1c[nH]c3ccccc13)C2. The zero-order valence-corrected chi connectivity index (χ0v) is 19.2. The largest absolute Gasteiger partial charge is 0.361 e. The molecule has 4 aromatic rings. The molecule has 0 atom stereocenters. The Balaban J connectivity index is 1.29. The lowest BCUT2D eigenvalue weighted by molar-refractivity contribution is -0.131. The molecular weight excluding hydrogens is 444 g/mol. The van der Waals surface area contributed by atoms with Crippen molar-refractivity contribution in [3.05, 3.63) is 94.0 Å². The Hall–Kier alpha value is -4.15. The number of nitrogens with zero attached hydrogens (tertiary/aromatic N) is 2. The van der Waals surface area contributed by atoms with Gasteiger partial charge in [-0.05, 0) is 35.3 Å². The van der Waals surface area contributed by atoms with E-state index in [1.807, 2.05) is 65.7 Å². The summed E-state index contributed by atoms with van der Waals surface area (Å²) < 4.78 is 0. The monoisotopic (exact) mass is 466 g/mol. The molecule has 0 bridgehead atoms. The van der Waals surface area contributed by atoms with E-state index < -0.39 is 0 Å². The molecule has 168 valence electrons. The molecule has 0 fully saturated rings. The number of benzene rings is 2. The molecule has 34 heavy (non-hydrogen) atoms. The van der Waals surface area contributed by atoms with Crippen molar-refractivity contribution in [3.8, 4) is 6.07 Å². The van der Waals surface area contributed by atoms with E-state index in [2.05, 4.69) is 16.4 Å². The van der Waals surface area contributed by atoms with E-state index in [0.717, 1.165) is 32.5 Å². The van der Waals surface area contributed by atoms with Gasteiger partial charge in [-0.3, -0.25) is 9.59 Å². The Kier molecular flexibility index (Phi) is 5.98. The molecule has 5 rings (SSSR count). The topological polar surface area (TPSA) is 89.0 Å². The van der Waals surface area contributed by atoms with E-state index >= 15 is 0 Å². The van der Waals surface area contributed by atoms with E-state index in [9.17, 15) is 14.9 Å². The number of H-pyrrole nitrogens is 1. The Morgan fingerprint density at radius 3 is 2.76 bits per heavy atom. The fourth-order valence-electron chi connectivity index (χ4n) is 4.26. The summed E-state index contributed by atoms with van der Waals surface area (Å²) in [7, 11) is 0. The maximum Gasteiger partial charge on any atom is 0.249 e. The van der Waals surface area contributed by atoms with Gasteiger partial charge in [0.25, 0.3) is 0 Å². The van der Waals surface area contributed by atoms with Crippen LogP contribution in [0.4, 0.5) is 5.00 Å². The number of amides is 2. The molecule has 0 spiro atoms. The maximum atomic E-state index is 13.1. The molecule has 1 aliphatic rings. The second-order valence-corrected chi connectivity index (χ2v) is 9.26. The fraction of sp³-hybridized carbons (Fsp3) is 0.148. The highest BCUT2D eigenvalue weighted by Crippen LogP contribution is 2.37. The van der Waals surface area contributed by atoms with Crippen molar-refractivity contribution in [3.63, 3.8) is 0 Å². The van der Waals surface area contributed by atoms with E-state index in [1.165, 1.54) is 17.4 Å². The molecule has 7 heteroatoms. The molecule has 0 aliphatic carbocycles. The van der Waals surface area contributed by atoms with Crippen LogP contribution in [-0.2, 0) is 29.0 Å². The van der Waals surface area contributed by atoms with E-state index in [4.69, 9.17) is 0 Å². The first kappa shape index (κ1) is 21.7. The number of nitriles is 1. The number of anilines is 1. The molecule has 0 radical (unpaired) electrons. The zero-order chi connectivity index (χ0) is 23.5. The Morgan fingerprint density at radius 1 is 1.15 bits per heavy atom. The maximum absolute atomic E-state index is 13.1. The van der Waals surface area contributed by atoms with Crippen molar-refractivity contribution >= 4 is 45.1 Å². The van der Waals surface area contributed by atoms with Crippen LogP contribution in [0.25, 0.3) is 17.0 Å². The molecular formula is C27H22N4O2S. The third-order valence-electron chi connectivity index (χ3n) is 6.00. The Morgan fingerprint density at radius 2 is 1.94 bits per heavy atom. The predicted octanol–water partition coefficient (Wildman–Crippen LogP) is 4.88. The Bertz CT molecular complexity index is 1440. The van der Waals surface area contributed by atoms with E-state index in [-0.39, 0.29) is 11.8 Å². The van der Waals surface area contributed by atoms with Crippen molar-refractivity contribution in [1.82, 2.24) is 9.88 Å². The first-order valence-electron chi connectivity index (χ1n) is 11.0. The van der Waals surface area contributed by atoms with Crippen molar-refractivity contribution in [2.75, 3.05) is 11.9 Å². The number of rotatable bonds is 5. The smallest absolute Gasteiger partial charge is 0.249 e. The van der Waals surface area contributed by atoms with Crippen molar-refractivity contribution in [2.24, 2.45) is 0 Å². The summed E-state index contributed by atoms with van der Waals surface area (Å²) >= 11 is 1.38. The van der Waals surface area contributed by atoms with Crippen LogP contribution in [0, 0.1) is 11.3 Å². The van der Waals surface area contributed by atoms with Gasteiger partial charge in [0.2, 0.25) is 11.8 Å². The van der Waals surface area contributed by atoms with Crippen molar-refractivity contribution in [1.29, 1.82) is 5.26 Å². The number of thiophene rings is 1. The van der Waals surface area contributed by atoms with Crippen molar-refractivity contribution < 1.29 is 9.59 Å². The summed E-state index contributed by atoms with van der Waals surface area (Å²) in [6.45, 7) is 1.01. The minimum Gasteiger partial charge on any atom is -0.361 e. The quantitative estimate of drug-likeness (QED) is 0.411. The van der Waals surface area contributed by atoms with Crippen LogP contribution in [0.3, 0.4) is 0 Å². The lowest BCUT2D eigenvalue weighted by Gasteiger charge is -2.27. The number of carbonyl (C=O) groups is 2. The number of hydrogen-bond acceptors (Lipinski definition) is 4. The van der Waals surface area contributed by atoms with E-state index in [0.29, 0.717) is 36.5 Å². The molecule has 0 saturated heterocycles. The molecule has 2 amide bonds. The standard InChI is InChI=1S/C27H22N4O2S/c28-15-22-21-12-13-31(26(33)14-19-16-29-23-9-5-4-8-20(19)23)17-24(21)34-27(22)30-25(32)11-10-18-6-2-1-3-7-18/h1-11,16,29H,12-14,17H2,(H,30,32)/b11-10+. The summed E-state index contributed by atoms with van der Waals surface area (Å²) in [5.41, 5.74) is 4.36. The lowest BCUT2D eigenvalue weighted by atomic mass is 10.0. The molecule has 3 heterocycles. The second-order valence-electron chi connectivity index (χ2n) is 8.15. The Labute approximate surface area is 201 Å². The van der Waals surface area contributed by atoms with Crippen LogP contribution in [0.15, 0.2) is 66.9 Å². The highest BCUT2D eigenvalue weighted by atomic mass is 32.1. The van der Waals surface area contributed by atoms with Crippen LogP contribution in [-0.4, -0.2) is 28.2 Å². The van der Waals surface area contributed by atoms with Gasteiger partial charge in [-0.25, -0.2) is 0 Å². The number of aromatic nitrogens is 1. The highest BCUT2D eigenvalue weighted by molar-refractivity contribution is 7.16. The molecule has 2 aromatic heterocycles. The fourth-order valence-corrected chi connectivity index (χ4v) is 5.48. The number of aromatic amines is 1. The van der Waals surface area contributed by atoms with Gasteiger partial charge in [0, 0.05) is 34.6 Å². The summed E-state index contributed by atoms with van der Waals surface area (Å²) in [6.07, 6.45) is 6.02. The average Bonchev–Trinajstić information content (AvgIpc) is 3.43. The van der Waals surface area contributed by atoms with Gasteiger partial charge in [-0.15, -0.1) is 11.3 Å². The van der Waals surface area contributed by atoms with Gasteiger partial charge in [0.15, 0.2) is 0 Å². The van der Waals surface area contributed by atoms with Crippen LogP contribution >= 0.6 is 11.3 Å². The number of nitrogens with one attached hydrogen (secondary N) is 2. The van der Waals surface area contributed by atoms with Crippen LogP contribution < -0.4 is 5.32 Å². The molecule has 0 saturated carbocycles. The average molecular weight is 467 g/mol. The minimum absolute atomic E-state index is 0.0543. The summed E-state index contributed by atoms with van der Waals surface area (Å²) in [4.78, 5) is 31.5. The predicted molar refractivity (Wildman–Crippen MR) is 134 cm³/mol. The summed E-state index contributed by atoms with van der Waals surface area (Å²) in [6, 6.07) is 19.8. The molecule has 2 N–H and O–H groups in total. The van der Waals surface area contributed by atoms with Gasteiger partial charge in [0.05, 0.1) is 18.5 Å². The van der Waals surface area contributed by atoms with Gasteiger partial charge >= 0.3 is 0 Å². The van der Waals surface area contributed by atoms with Crippen molar-refractivity contribution in [2.45, 2.75) is 19.4 Å². The van der Waals surface area contributed by atoms with Crippen LogP contribution in [0.1, 0.15) is 27.1 Å². The number of hydrogen-bond donors (Lipinski definition) is 2. The van der Waals surface area contributed by atoms with Gasteiger partial charge in [-0.2, -0.15) is 5.26 Å². The van der Waals surface area contributed by atoms with Crippen LogP contribution in [0.2, 0.25) is 0 Å². The zero-order valence-electron chi connectivity index (χ0n) is 18.4. The van der Waals surface area contributed by atoms with Gasteiger partial charge < -0.3 is 15.2 Å². The molecule has 2 aromatic carbocycles. The minimum atomic E-state index is -0.286. The summed E-state index contributed by atoms with van der Waals surface area (Å²) in [5, 5.41) is 14.2. The second kappa shape index (κ2) is 9.38. The van der Waals surface area contributed by atoms with E-state index in [1.54, 1.807) is 6.08 Å². The van der Waals surface area contributed by atoms with Crippen LogP contribution in [0.5, 0.6) is 0 Å². The number of carbonyl (C=O) groups excluding carboxylic acids is 2. The highest BCUT2D eigenvalue weighted by Gasteiger charge is 2.27. The molecule has 6 nitrogen and oxygen atoms in total. The normalized spacial score (nSPS) is 13.1. The first-order chi connectivity index (χ1) is 16.6. The first-order valence-corrected chi connectivity index (χ1v) is 11.9.